The third-order valence-corrected chi connectivity index (χ3v) is 3.27. The van der Waals surface area contributed by atoms with Gasteiger partial charge in [0.2, 0.25) is 0 Å². The van der Waals surface area contributed by atoms with Crippen LogP contribution in [0.5, 0.6) is 0 Å². The summed E-state index contributed by atoms with van der Waals surface area (Å²) < 4.78 is 5.00. The number of rotatable bonds is 4. The van der Waals surface area contributed by atoms with E-state index in [1.165, 1.54) is 6.26 Å². The van der Waals surface area contributed by atoms with Crippen LogP contribution in [0.2, 0.25) is 0 Å². The lowest BCUT2D eigenvalue weighted by molar-refractivity contribution is 0.0888. The average molecular weight is 273 g/mol. The molecule has 1 amide bonds. The second-order valence-electron chi connectivity index (χ2n) is 5.02. The predicted octanol–water partition coefficient (Wildman–Crippen LogP) is 2.67. The number of carbonyl (C=O) groups is 1. The minimum absolute atomic E-state index is 0.157. The van der Waals surface area contributed by atoms with Crippen LogP contribution in [-0.4, -0.2) is 17.6 Å². The molecule has 1 heterocycles. The molecule has 0 fully saturated rings. The Labute approximate surface area is 118 Å². The average Bonchev–Trinajstić information content (AvgIpc) is 2.88. The number of aliphatic hydroxyl groups excluding tert-OH is 1. The zero-order valence-corrected chi connectivity index (χ0v) is 11.9. The van der Waals surface area contributed by atoms with E-state index in [4.69, 9.17) is 4.42 Å². The summed E-state index contributed by atoms with van der Waals surface area (Å²) in [5, 5.41) is 12.9. The second-order valence-corrected chi connectivity index (χ2v) is 5.02. The van der Waals surface area contributed by atoms with Gasteiger partial charge in [-0.3, -0.25) is 4.79 Å². The molecule has 2 rings (SSSR count). The lowest BCUT2D eigenvalue weighted by atomic mass is 9.95. The largest absolute Gasteiger partial charge is 0.459 e. The second kappa shape index (κ2) is 5.92. The Morgan fingerprint density at radius 2 is 1.95 bits per heavy atom. The van der Waals surface area contributed by atoms with Crippen molar-refractivity contribution in [3.63, 3.8) is 0 Å². The van der Waals surface area contributed by atoms with E-state index in [-0.39, 0.29) is 18.2 Å². The molecule has 20 heavy (non-hydrogen) atoms. The van der Waals surface area contributed by atoms with Crippen LogP contribution in [0, 0.1) is 20.8 Å². The third kappa shape index (κ3) is 3.08. The van der Waals surface area contributed by atoms with Crippen LogP contribution in [0.15, 0.2) is 34.9 Å². The van der Waals surface area contributed by atoms with Gasteiger partial charge in [0.1, 0.15) is 0 Å². The van der Waals surface area contributed by atoms with Gasteiger partial charge in [0.25, 0.3) is 5.91 Å². The van der Waals surface area contributed by atoms with Crippen molar-refractivity contribution in [2.45, 2.75) is 26.9 Å². The highest BCUT2D eigenvalue weighted by atomic mass is 16.3. The maximum absolute atomic E-state index is 11.7. The number of furan rings is 1. The SMILES string of the molecule is Cc1cc(C)c(C(O)CNC(=O)c2ccco2)c(C)c1. The number of nitrogens with one attached hydrogen (secondary N) is 1. The van der Waals surface area contributed by atoms with Crippen LogP contribution in [0.1, 0.15) is 38.9 Å². The highest BCUT2D eigenvalue weighted by molar-refractivity contribution is 5.91. The van der Waals surface area contributed by atoms with Crippen molar-refractivity contribution in [3.8, 4) is 0 Å². The van der Waals surface area contributed by atoms with Crippen molar-refractivity contribution >= 4 is 5.91 Å². The number of carbonyl (C=O) groups excluding carboxylic acids is 1. The van der Waals surface area contributed by atoms with Crippen molar-refractivity contribution in [1.29, 1.82) is 0 Å². The van der Waals surface area contributed by atoms with Crippen LogP contribution in [0.4, 0.5) is 0 Å². The van der Waals surface area contributed by atoms with Crippen molar-refractivity contribution in [2.24, 2.45) is 0 Å². The summed E-state index contributed by atoms with van der Waals surface area (Å²) >= 11 is 0. The van der Waals surface area contributed by atoms with E-state index in [1.807, 2.05) is 32.9 Å². The summed E-state index contributed by atoms with van der Waals surface area (Å²) in [4.78, 5) is 11.7. The number of amides is 1. The number of aliphatic hydroxyl groups is 1. The smallest absolute Gasteiger partial charge is 0.287 e. The summed E-state index contributed by atoms with van der Waals surface area (Å²) in [5.74, 6) is -0.0778. The van der Waals surface area contributed by atoms with Crippen LogP contribution in [0.3, 0.4) is 0 Å². The summed E-state index contributed by atoms with van der Waals surface area (Å²) in [5.41, 5.74) is 4.09. The molecule has 0 aliphatic carbocycles. The number of aryl methyl sites for hydroxylation is 3. The fourth-order valence-corrected chi connectivity index (χ4v) is 2.50. The predicted molar refractivity (Wildman–Crippen MR) is 76.7 cm³/mol. The Balaban J connectivity index is 2.06. The first-order valence-electron chi connectivity index (χ1n) is 6.56. The van der Waals surface area contributed by atoms with Crippen molar-refractivity contribution in [2.75, 3.05) is 6.54 Å². The molecule has 1 aromatic carbocycles. The lowest BCUT2D eigenvalue weighted by Gasteiger charge is -2.17. The molecular formula is C16H19NO3. The van der Waals surface area contributed by atoms with Crippen LogP contribution >= 0.6 is 0 Å². The van der Waals surface area contributed by atoms with Gasteiger partial charge in [0, 0.05) is 6.54 Å². The Morgan fingerprint density at radius 3 is 2.50 bits per heavy atom. The Kier molecular flexibility index (Phi) is 4.25. The van der Waals surface area contributed by atoms with Gasteiger partial charge in [-0.05, 0) is 49.6 Å². The molecule has 4 nitrogen and oxygen atoms in total. The molecule has 1 unspecified atom stereocenters. The van der Waals surface area contributed by atoms with Crippen molar-refractivity contribution < 1.29 is 14.3 Å². The molecule has 4 heteroatoms. The van der Waals surface area contributed by atoms with E-state index in [2.05, 4.69) is 5.32 Å². The summed E-state index contributed by atoms with van der Waals surface area (Å²) in [6, 6.07) is 7.30. The maximum atomic E-state index is 11.7. The van der Waals surface area contributed by atoms with Gasteiger partial charge in [-0.15, -0.1) is 0 Å². The molecule has 0 aliphatic heterocycles. The first kappa shape index (κ1) is 14.3. The monoisotopic (exact) mass is 273 g/mol. The van der Waals surface area contributed by atoms with E-state index in [1.54, 1.807) is 12.1 Å². The number of benzene rings is 1. The lowest BCUT2D eigenvalue weighted by Crippen LogP contribution is -2.28. The Hall–Kier alpha value is -2.07. The molecule has 0 radical (unpaired) electrons. The van der Waals surface area contributed by atoms with E-state index in [0.717, 1.165) is 22.3 Å². The number of hydrogen-bond donors (Lipinski definition) is 2. The highest BCUT2D eigenvalue weighted by Crippen LogP contribution is 2.23. The molecule has 0 spiro atoms. The zero-order chi connectivity index (χ0) is 14.7. The van der Waals surface area contributed by atoms with Crippen LogP contribution in [-0.2, 0) is 0 Å². The minimum Gasteiger partial charge on any atom is -0.459 e. The molecule has 0 saturated heterocycles. The fourth-order valence-electron chi connectivity index (χ4n) is 2.50. The molecule has 1 atom stereocenters. The summed E-state index contributed by atoms with van der Waals surface area (Å²) in [6.07, 6.45) is 0.717. The zero-order valence-electron chi connectivity index (χ0n) is 11.9. The van der Waals surface area contributed by atoms with E-state index >= 15 is 0 Å². The fraction of sp³-hybridized carbons (Fsp3) is 0.312. The molecular weight excluding hydrogens is 254 g/mol. The maximum Gasteiger partial charge on any atom is 0.287 e. The quantitative estimate of drug-likeness (QED) is 0.900. The minimum atomic E-state index is -0.727. The van der Waals surface area contributed by atoms with E-state index < -0.39 is 6.10 Å². The van der Waals surface area contributed by atoms with Crippen LogP contribution in [0.25, 0.3) is 0 Å². The van der Waals surface area contributed by atoms with Gasteiger partial charge >= 0.3 is 0 Å². The van der Waals surface area contributed by atoms with Gasteiger partial charge in [0.05, 0.1) is 12.4 Å². The molecule has 2 N–H and O–H groups in total. The molecule has 0 saturated carbocycles. The topological polar surface area (TPSA) is 62.5 Å². The van der Waals surface area contributed by atoms with E-state index in [0.29, 0.717) is 0 Å². The van der Waals surface area contributed by atoms with Gasteiger partial charge < -0.3 is 14.8 Å². The molecule has 106 valence electrons. The molecule has 1 aromatic heterocycles. The molecule has 2 aromatic rings. The van der Waals surface area contributed by atoms with Gasteiger partial charge in [-0.2, -0.15) is 0 Å². The Bertz CT molecular complexity index is 579. The van der Waals surface area contributed by atoms with Gasteiger partial charge in [0.15, 0.2) is 5.76 Å². The summed E-state index contributed by atoms with van der Waals surface area (Å²) in [6.45, 7) is 6.11. The van der Waals surface area contributed by atoms with Gasteiger partial charge in [-0.1, -0.05) is 17.7 Å². The molecule has 0 bridgehead atoms. The van der Waals surface area contributed by atoms with Crippen molar-refractivity contribution in [1.82, 2.24) is 5.32 Å². The highest BCUT2D eigenvalue weighted by Gasteiger charge is 2.16. The standard InChI is InChI=1S/C16H19NO3/c1-10-7-11(2)15(12(3)8-10)13(18)9-17-16(19)14-5-4-6-20-14/h4-8,13,18H,9H2,1-3H3,(H,17,19). The van der Waals surface area contributed by atoms with Gasteiger partial charge in [-0.25, -0.2) is 0 Å². The Morgan fingerprint density at radius 1 is 1.30 bits per heavy atom. The third-order valence-electron chi connectivity index (χ3n) is 3.27. The molecule has 0 aliphatic rings. The number of hydrogen-bond acceptors (Lipinski definition) is 3. The van der Waals surface area contributed by atoms with Crippen LogP contribution < -0.4 is 5.32 Å². The van der Waals surface area contributed by atoms with Crippen molar-refractivity contribution in [3.05, 3.63) is 58.5 Å². The normalized spacial score (nSPS) is 12.2. The van der Waals surface area contributed by atoms with E-state index in [9.17, 15) is 9.90 Å². The summed E-state index contributed by atoms with van der Waals surface area (Å²) in [7, 11) is 0. The first-order valence-corrected chi connectivity index (χ1v) is 6.56. The first-order chi connectivity index (χ1) is 9.49.